The molecular weight excluding hydrogens is 186 g/mol. The quantitative estimate of drug-likeness (QED) is 0.283. The minimum Gasteiger partial charge on any atom is -0.508 e. The fraction of sp³-hybridized carbons (Fsp3) is 0.125. The van der Waals surface area contributed by atoms with Crippen molar-refractivity contribution in [2.45, 2.75) is 5.75 Å². The van der Waals surface area contributed by atoms with Gasteiger partial charge in [0.05, 0.1) is 0 Å². The third-order valence-corrected chi connectivity index (χ3v) is 2.33. The number of phenolic OH excluding ortho intramolecular Hbond substituents is 1. The average Bonchev–Trinajstić information content (AvgIpc) is 2.16. The molecule has 0 aromatic heterocycles. The van der Waals surface area contributed by atoms with Gasteiger partial charge in [-0.2, -0.15) is 5.10 Å². The number of benzene rings is 1. The third-order valence-electron chi connectivity index (χ3n) is 1.45. The molecule has 0 atom stereocenters. The SMILES string of the molecule is N/N=C(/N)SCc1ccc(O)cc1. The van der Waals surface area contributed by atoms with Gasteiger partial charge in [0.2, 0.25) is 0 Å². The lowest BCUT2D eigenvalue weighted by atomic mass is 10.2. The van der Waals surface area contributed by atoms with E-state index in [2.05, 4.69) is 5.10 Å². The summed E-state index contributed by atoms with van der Waals surface area (Å²) >= 11 is 1.36. The molecule has 5 N–H and O–H groups in total. The Balaban J connectivity index is 2.51. The molecule has 1 aromatic rings. The first kappa shape index (κ1) is 9.73. The highest BCUT2D eigenvalue weighted by Gasteiger charge is 1.96. The second-order valence-electron chi connectivity index (χ2n) is 2.42. The second-order valence-corrected chi connectivity index (χ2v) is 3.42. The van der Waals surface area contributed by atoms with Gasteiger partial charge in [-0.25, -0.2) is 0 Å². The highest BCUT2D eigenvalue weighted by molar-refractivity contribution is 8.13. The van der Waals surface area contributed by atoms with E-state index in [0.29, 0.717) is 10.9 Å². The number of hydrazone groups is 1. The zero-order valence-electron chi connectivity index (χ0n) is 6.97. The monoisotopic (exact) mass is 197 g/mol. The topological polar surface area (TPSA) is 84.6 Å². The van der Waals surface area contributed by atoms with Gasteiger partial charge in [0, 0.05) is 5.75 Å². The van der Waals surface area contributed by atoms with E-state index < -0.39 is 0 Å². The van der Waals surface area contributed by atoms with Crippen molar-refractivity contribution in [1.82, 2.24) is 0 Å². The molecule has 0 aliphatic heterocycles. The van der Waals surface area contributed by atoms with E-state index in [0.717, 1.165) is 5.56 Å². The lowest BCUT2D eigenvalue weighted by Crippen LogP contribution is -2.09. The van der Waals surface area contributed by atoms with Crippen LogP contribution in [-0.4, -0.2) is 10.3 Å². The largest absolute Gasteiger partial charge is 0.508 e. The standard InChI is InChI=1S/C8H11N3OS/c9-8(11-10)13-5-6-1-3-7(12)4-2-6/h1-4,12H,5,10H2,(H2,9,11). The molecule has 4 nitrogen and oxygen atoms in total. The Kier molecular flexibility index (Phi) is 3.45. The van der Waals surface area contributed by atoms with Gasteiger partial charge in [-0.05, 0) is 17.7 Å². The van der Waals surface area contributed by atoms with E-state index in [1.54, 1.807) is 12.1 Å². The smallest absolute Gasteiger partial charge is 0.177 e. The molecule has 0 saturated heterocycles. The van der Waals surface area contributed by atoms with E-state index in [1.165, 1.54) is 11.8 Å². The highest BCUT2D eigenvalue weighted by Crippen LogP contribution is 2.15. The molecule has 0 unspecified atom stereocenters. The Morgan fingerprint density at radius 2 is 2.00 bits per heavy atom. The number of rotatable bonds is 2. The molecule has 0 aliphatic rings. The summed E-state index contributed by atoms with van der Waals surface area (Å²) in [5.41, 5.74) is 6.45. The van der Waals surface area contributed by atoms with Gasteiger partial charge < -0.3 is 16.7 Å². The summed E-state index contributed by atoms with van der Waals surface area (Å²) < 4.78 is 0. The Hall–Kier alpha value is -1.36. The van der Waals surface area contributed by atoms with Crippen LogP contribution in [0, 0.1) is 0 Å². The van der Waals surface area contributed by atoms with Gasteiger partial charge in [0.1, 0.15) is 5.75 Å². The molecule has 0 radical (unpaired) electrons. The van der Waals surface area contributed by atoms with Crippen molar-refractivity contribution in [2.75, 3.05) is 0 Å². The van der Waals surface area contributed by atoms with Gasteiger partial charge in [-0.3, -0.25) is 0 Å². The van der Waals surface area contributed by atoms with E-state index in [4.69, 9.17) is 16.7 Å². The molecule has 0 amide bonds. The van der Waals surface area contributed by atoms with E-state index >= 15 is 0 Å². The van der Waals surface area contributed by atoms with Crippen LogP contribution in [0.3, 0.4) is 0 Å². The van der Waals surface area contributed by atoms with Crippen molar-refractivity contribution in [3.63, 3.8) is 0 Å². The normalized spacial score (nSPS) is 11.5. The van der Waals surface area contributed by atoms with Crippen molar-refractivity contribution in [1.29, 1.82) is 0 Å². The fourth-order valence-corrected chi connectivity index (χ4v) is 1.37. The van der Waals surface area contributed by atoms with E-state index in [1.807, 2.05) is 12.1 Å². The first-order chi connectivity index (χ1) is 6.22. The molecule has 1 aromatic carbocycles. The minimum atomic E-state index is 0.259. The predicted molar refractivity (Wildman–Crippen MR) is 55.2 cm³/mol. The summed E-state index contributed by atoms with van der Waals surface area (Å²) in [6.07, 6.45) is 0. The Bertz CT molecular complexity index is 297. The van der Waals surface area contributed by atoms with Gasteiger partial charge in [-0.1, -0.05) is 23.9 Å². The lowest BCUT2D eigenvalue weighted by molar-refractivity contribution is 0.475. The van der Waals surface area contributed by atoms with Crippen molar-refractivity contribution in [2.24, 2.45) is 16.7 Å². The molecule has 70 valence electrons. The zero-order chi connectivity index (χ0) is 9.68. The molecule has 0 fully saturated rings. The molecule has 1 rings (SSSR count). The summed E-state index contributed by atoms with van der Waals surface area (Å²) in [7, 11) is 0. The lowest BCUT2D eigenvalue weighted by Gasteiger charge is -1.99. The number of nitrogens with two attached hydrogens (primary N) is 2. The van der Waals surface area contributed by atoms with E-state index in [9.17, 15) is 0 Å². The van der Waals surface area contributed by atoms with Crippen LogP contribution in [0.1, 0.15) is 5.56 Å². The molecule has 0 bridgehead atoms. The van der Waals surface area contributed by atoms with Crippen LogP contribution in [0.5, 0.6) is 5.75 Å². The van der Waals surface area contributed by atoms with Crippen molar-refractivity contribution in [3.05, 3.63) is 29.8 Å². The van der Waals surface area contributed by atoms with Crippen LogP contribution in [0.4, 0.5) is 0 Å². The summed E-state index contributed by atoms with van der Waals surface area (Å²) in [5, 5.41) is 12.7. The molecule has 0 spiro atoms. The number of hydrogen-bond acceptors (Lipinski definition) is 4. The maximum Gasteiger partial charge on any atom is 0.177 e. The zero-order valence-corrected chi connectivity index (χ0v) is 7.79. The summed E-state index contributed by atoms with van der Waals surface area (Å²) in [6.45, 7) is 0. The van der Waals surface area contributed by atoms with Crippen LogP contribution < -0.4 is 11.6 Å². The van der Waals surface area contributed by atoms with Crippen LogP contribution in [-0.2, 0) is 5.75 Å². The Morgan fingerprint density at radius 3 is 2.54 bits per heavy atom. The Labute approximate surface area is 80.6 Å². The van der Waals surface area contributed by atoms with Gasteiger partial charge in [0.25, 0.3) is 0 Å². The number of thioether (sulfide) groups is 1. The first-order valence-electron chi connectivity index (χ1n) is 3.66. The van der Waals surface area contributed by atoms with Gasteiger partial charge in [-0.15, -0.1) is 0 Å². The highest BCUT2D eigenvalue weighted by atomic mass is 32.2. The second kappa shape index (κ2) is 4.61. The number of nitrogens with zero attached hydrogens (tertiary/aromatic N) is 1. The molecular formula is C8H11N3OS. The van der Waals surface area contributed by atoms with Crippen LogP contribution in [0.2, 0.25) is 0 Å². The van der Waals surface area contributed by atoms with Crippen LogP contribution >= 0.6 is 11.8 Å². The van der Waals surface area contributed by atoms with Crippen LogP contribution in [0.25, 0.3) is 0 Å². The number of phenols is 1. The fourth-order valence-electron chi connectivity index (χ4n) is 0.787. The molecule has 0 aliphatic carbocycles. The summed E-state index contributed by atoms with van der Waals surface area (Å²) in [6, 6.07) is 6.91. The van der Waals surface area contributed by atoms with Crippen molar-refractivity contribution in [3.8, 4) is 5.75 Å². The molecule has 13 heavy (non-hydrogen) atoms. The van der Waals surface area contributed by atoms with E-state index in [-0.39, 0.29) is 5.75 Å². The number of amidine groups is 1. The first-order valence-corrected chi connectivity index (χ1v) is 4.65. The maximum atomic E-state index is 9.01. The minimum absolute atomic E-state index is 0.259. The summed E-state index contributed by atoms with van der Waals surface area (Å²) in [4.78, 5) is 0. The van der Waals surface area contributed by atoms with Gasteiger partial charge in [0.15, 0.2) is 5.17 Å². The molecule has 0 heterocycles. The molecule has 5 heteroatoms. The van der Waals surface area contributed by atoms with Crippen molar-refractivity contribution >= 4 is 16.9 Å². The predicted octanol–water partition coefficient (Wildman–Crippen LogP) is 0.814. The van der Waals surface area contributed by atoms with Crippen molar-refractivity contribution < 1.29 is 5.11 Å². The van der Waals surface area contributed by atoms with Crippen LogP contribution in [0.15, 0.2) is 29.4 Å². The average molecular weight is 197 g/mol. The number of hydrogen-bond donors (Lipinski definition) is 3. The maximum absolute atomic E-state index is 9.01. The third kappa shape index (κ3) is 3.25. The Morgan fingerprint density at radius 1 is 1.38 bits per heavy atom. The number of aromatic hydroxyl groups is 1. The summed E-state index contributed by atoms with van der Waals surface area (Å²) in [5.74, 6) is 5.92. The molecule has 0 saturated carbocycles. The van der Waals surface area contributed by atoms with Gasteiger partial charge >= 0.3 is 0 Å².